The van der Waals surface area contributed by atoms with Crippen molar-refractivity contribution in [3.05, 3.63) is 23.6 Å². The van der Waals surface area contributed by atoms with Crippen LogP contribution in [-0.2, 0) is 14.4 Å². The third-order valence-electron chi connectivity index (χ3n) is 5.92. The Balaban J connectivity index is 1.35. The van der Waals surface area contributed by atoms with Gasteiger partial charge in [0, 0.05) is 23.9 Å². The lowest BCUT2D eigenvalue weighted by Crippen LogP contribution is -2.34. The number of aromatic nitrogens is 1. The zero-order valence-corrected chi connectivity index (χ0v) is 18.4. The molecule has 3 amide bonds. The van der Waals surface area contributed by atoms with Crippen molar-refractivity contribution in [2.24, 2.45) is 11.8 Å². The molecule has 164 valence electrons. The zero-order chi connectivity index (χ0) is 22.0. The highest BCUT2D eigenvalue weighted by Crippen LogP contribution is 2.38. The first-order valence-electron chi connectivity index (χ1n) is 10.3. The molecule has 2 heterocycles. The van der Waals surface area contributed by atoms with Crippen LogP contribution in [0.2, 0.25) is 0 Å². The van der Waals surface area contributed by atoms with Crippen LogP contribution in [0.1, 0.15) is 32.1 Å². The predicted molar refractivity (Wildman–Crippen MR) is 116 cm³/mol. The molecule has 1 saturated carbocycles. The number of rotatable bonds is 7. The number of anilines is 1. The number of carbonyl (C=O) groups is 3. The van der Waals surface area contributed by atoms with Crippen molar-refractivity contribution in [3.63, 3.8) is 0 Å². The number of ether oxygens (including phenoxy) is 2. The van der Waals surface area contributed by atoms with Crippen LogP contribution in [0.25, 0.3) is 11.3 Å². The number of thiazole rings is 1. The van der Waals surface area contributed by atoms with Gasteiger partial charge in [0.1, 0.15) is 0 Å². The van der Waals surface area contributed by atoms with Crippen LogP contribution < -0.4 is 14.8 Å². The Morgan fingerprint density at radius 3 is 2.45 bits per heavy atom. The Hall–Kier alpha value is -2.94. The van der Waals surface area contributed by atoms with E-state index in [1.54, 1.807) is 20.3 Å². The first-order valence-corrected chi connectivity index (χ1v) is 11.2. The van der Waals surface area contributed by atoms with Gasteiger partial charge in [0.25, 0.3) is 0 Å². The van der Waals surface area contributed by atoms with Crippen LogP contribution in [0.4, 0.5) is 5.13 Å². The topological polar surface area (TPSA) is 97.8 Å². The molecule has 0 radical (unpaired) electrons. The quantitative estimate of drug-likeness (QED) is 0.659. The van der Waals surface area contributed by atoms with Crippen LogP contribution in [0, 0.1) is 11.8 Å². The van der Waals surface area contributed by atoms with E-state index >= 15 is 0 Å². The summed E-state index contributed by atoms with van der Waals surface area (Å²) < 4.78 is 10.6. The summed E-state index contributed by atoms with van der Waals surface area (Å²) in [4.78, 5) is 43.2. The lowest BCUT2D eigenvalue weighted by Gasteiger charge is -2.19. The third kappa shape index (κ3) is 4.27. The fourth-order valence-corrected chi connectivity index (χ4v) is 5.04. The Morgan fingerprint density at radius 2 is 1.81 bits per heavy atom. The third-order valence-corrected chi connectivity index (χ3v) is 6.68. The summed E-state index contributed by atoms with van der Waals surface area (Å²) in [5, 5.41) is 5.07. The van der Waals surface area contributed by atoms with E-state index < -0.39 is 0 Å². The van der Waals surface area contributed by atoms with Gasteiger partial charge in [-0.05, 0) is 31.0 Å². The molecule has 1 saturated heterocycles. The number of fused-ring (bicyclic) bond motifs is 1. The molecule has 1 aromatic heterocycles. The van der Waals surface area contributed by atoms with Gasteiger partial charge in [-0.25, -0.2) is 4.98 Å². The SMILES string of the molecule is COc1ccc(-c2csc(NC(=O)CCN3C(=O)[C@@H]4CCCC[C@H]4C3=O)n2)cc1OC. The average Bonchev–Trinajstić information content (AvgIpc) is 3.35. The van der Waals surface area contributed by atoms with Crippen molar-refractivity contribution >= 4 is 34.2 Å². The normalized spacial score (nSPS) is 20.5. The van der Waals surface area contributed by atoms with Crippen molar-refractivity contribution in [2.45, 2.75) is 32.1 Å². The number of imide groups is 1. The van der Waals surface area contributed by atoms with Gasteiger partial charge in [-0.2, -0.15) is 0 Å². The van der Waals surface area contributed by atoms with E-state index in [1.807, 2.05) is 17.5 Å². The zero-order valence-electron chi connectivity index (χ0n) is 17.6. The number of nitrogens with zero attached hydrogens (tertiary/aromatic N) is 2. The average molecular weight is 444 g/mol. The van der Waals surface area contributed by atoms with Gasteiger partial charge in [0.05, 0.1) is 31.7 Å². The van der Waals surface area contributed by atoms with Crippen LogP contribution in [0.5, 0.6) is 11.5 Å². The van der Waals surface area contributed by atoms with Crippen LogP contribution in [-0.4, -0.2) is 48.4 Å². The van der Waals surface area contributed by atoms with Gasteiger partial charge in [-0.3, -0.25) is 19.3 Å². The van der Waals surface area contributed by atoms with Crippen molar-refractivity contribution in [1.82, 2.24) is 9.88 Å². The second kappa shape index (κ2) is 9.05. The minimum absolute atomic E-state index is 0.0577. The van der Waals surface area contributed by atoms with Crippen LogP contribution in [0.3, 0.4) is 0 Å². The van der Waals surface area contributed by atoms with Crippen molar-refractivity contribution in [3.8, 4) is 22.8 Å². The fraction of sp³-hybridized carbons (Fsp3) is 0.455. The largest absolute Gasteiger partial charge is 0.493 e. The van der Waals surface area contributed by atoms with Gasteiger partial charge in [-0.15, -0.1) is 11.3 Å². The smallest absolute Gasteiger partial charge is 0.233 e. The summed E-state index contributed by atoms with van der Waals surface area (Å²) in [7, 11) is 3.14. The molecule has 0 spiro atoms. The number of hydrogen-bond acceptors (Lipinski definition) is 7. The molecular weight excluding hydrogens is 418 g/mol. The Labute approximate surface area is 184 Å². The second-order valence-corrected chi connectivity index (χ2v) is 8.59. The van der Waals surface area contributed by atoms with Crippen LogP contribution in [0.15, 0.2) is 23.6 Å². The minimum atomic E-state index is -0.274. The lowest BCUT2D eigenvalue weighted by atomic mass is 9.81. The first-order chi connectivity index (χ1) is 15.0. The van der Waals surface area contributed by atoms with Crippen LogP contribution >= 0.6 is 11.3 Å². The second-order valence-electron chi connectivity index (χ2n) is 7.73. The highest BCUT2D eigenvalue weighted by molar-refractivity contribution is 7.14. The number of hydrogen-bond donors (Lipinski definition) is 1. The van der Waals surface area contributed by atoms with E-state index in [0.717, 1.165) is 31.2 Å². The maximum absolute atomic E-state index is 12.5. The molecule has 1 aliphatic heterocycles. The molecule has 31 heavy (non-hydrogen) atoms. The maximum Gasteiger partial charge on any atom is 0.233 e. The highest BCUT2D eigenvalue weighted by atomic mass is 32.1. The minimum Gasteiger partial charge on any atom is -0.493 e. The Kier molecular flexibility index (Phi) is 6.22. The number of amides is 3. The number of benzene rings is 1. The van der Waals surface area contributed by atoms with E-state index in [9.17, 15) is 14.4 Å². The summed E-state index contributed by atoms with van der Waals surface area (Å²) in [5.41, 5.74) is 1.54. The molecule has 1 aliphatic carbocycles. The number of carbonyl (C=O) groups excluding carboxylic acids is 3. The molecule has 2 aliphatic rings. The summed E-state index contributed by atoms with van der Waals surface area (Å²) in [6.07, 6.45) is 3.58. The monoisotopic (exact) mass is 443 g/mol. The van der Waals surface area contributed by atoms with Crippen molar-refractivity contribution < 1.29 is 23.9 Å². The van der Waals surface area contributed by atoms with Crippen molar-refractivity contribution in [1.29, 1.82) is 0 Å². The molecule has 4 rings (SSSR count). The molecule has 1 aromatic carbocycles. The number of methoxy groups -OCH3 is 2. The fourth-order valence-electron chi connectivity index (χ4n) is 4.31. The van der Waals surface area contributed by atoms with Gasteiger partial charge >= 0.3 is 0 Å². The van der Waals surface area contributed by atoms with Gasteiger partial charge in [0.2, 0.25) is 17.7 Å². The molecule has 2 aromatic rings. The Morgan fingerprint density at radius 1 is 1.13 bits per heavy atom. The summed E-state index contributed by atoms with van der Waals surface area (Å²) in [6.45, 7) is 0.115. The van der Waals surface area contributed by atoms with E-state index in [1.165, 1.54) is 16.2 Å². The van der Waals surface area contributed by atoms with Crippen molar-refractivity contribution in [2.75, 3.05) is 26.1 Å². The number of nitrogens with one attached hydrogen (secondary N) is 1. The Bertz CT molecular complexity index is 981. The van der Waals surface area contributed by atoms with E-state index in [4.69, 9.17) is 9.47 Å². The standard InChI is InChI=1S/C22H25N3O5S/c1-29-17-8-7-13(11-18(17)30-2)16-12-31-22(23-16)24-19(26)9-10-25-20(27)14-5-3-4-6-15(14)21(25)28/h7-8,11-12,14-15H,3-6,9-10H2,1-2H3,(H,23,24,26)/t14-,15-/m1/s1. The molecular formula is C22H25N3O5S. The summed E-state index contributed by atoms with van der Waals surface area (Å²) in [6, 6.07) is 5.49. The van der Waals surface area contributed by atoms with Gasteiger partial charge in [-0.1, -0.05) is 12.8 Å². The number of likely N-dealkylation sites (tertiary alicyclic amines) is 1. The van der Waals surface area contributed by atoms with Gasteiger partial charge < -0.3 is 14.8 Å². The summed E-state index contributed by atoms with van der Waals surface area (Å²) >= 11 is 1.31. The van der Waals surface area contributed by atoms with Gasteiger partial charge in [0.15, 0.2) is 16.6 Å². The molecule has 8 nitrogen and oxygen atoms in total. The van der Waals surface area contributed by atoms with E-state index in [-0.39, 0.29) is 42.5 Å². The molecule has 1 N–H and O–H groups in total. The summed E-state index contributed by atoms with van der Waals surface area (Å²) in [5.74, 6) is 0.336. The first kappa shape index (κ1) is 21.3. The maximum atomic E-state index is 12.5. The molecule has 0 bridgehead atoms. The highest BCUT2D eigenvalue weighted by Gasteiger charge is 2.47. The molecule has 0 unspecified atom stereocenters. The molecule has 9 heteroatoms. The molecule has 2 atom stereocenters. The van der Waals surface area contributed by atoms with E-state index in [2.05, 4.69) is 10.3 Å². The lowest BCUT2D eigenvalue weighted by molar-refractivity contribution is -0.140. The molecule has 2 fully saturated rings. The van der Waals surface area contributed by atoms with E-state index in [0.29, 0.717) is 22.3 Å². The predicted octanol–water partition coefficient (Wildman–Crippen LogP) is 3.33.